The summed E-state index contributed by atoms with van der Waals surface area (Å²) in [5, 5.41) is 3.61. The van der Waals surface area contributed by atoms with Gasteiger partial charge >= 0.3 is 6.18 Å². The van der Waals surface area contributed by atoms with Gasteiger partial charge in [0.25, 0.3) is 11.3 Å². The number of thioether (sulfide) groups is 1. The first kappa shape index (κ1) is 24.2. The number of anilines is 2. The van der Waals surface area contributed by atoms with Crippen molar-refractivity contribution >= 4 is 56.0 Å². The van der Waals surface area contributed by atoms with Crippen molar-refractivity contribution in [1.29, 1.82) is 0 Å². The zero-order chi connectivity index (χ0) is 23.6. The van der Waals surface area contributed by atoms with Gasteiger partial charge in [-0.25, -0.2) is 8.51 Å². The van der Waals surface area contributed by atoms with Crippen molar-refractivity contribution in [2.45, 2.75) is 13.1 Å². The number of ketones is 1. The SMILES string of the molecule is CC(=O)SCC(=O)c1ccc(N(c2ccc(-c3cc(C(F)(F)F)nn3C)s2)S(=O)O)cc1. The largest absolute Gasteiger partial charge is 0.435 e. The summed E-state index contributed by atoms with van der Waals surface area (Å²) in [7, 11) is 1.38. The monoisotopic (exact) mass is 503 g/mol. The smallest absolute Gasteiger partial charge is 0.293 e. The lowest BCUT2D eigenvalue weighted by atomic mass is 10.1. The van der Waals surface area contributed by atoms with Gasteiger partial charge in [-0.3, -0.25) is 18.8 Å². The van der Waals surface area contributed by atoms with Crippen LogP contribution in [0.5, 0.6) is 0 Å². The predicted molar refractivity (Wildman–Crippen MR) is 118 cm³/mol. The topological polar surface area (TPSA) is 92.5 Å². The summed E-state index contributed by atoms with van der Waals surface area (Å²) in [6.07, 6.45) is -4.59. The van der Waals surface area contributed by atoms with Gasteiger partial charge in [-0.1, -0.05) is 11.8 Å². The van der Waals surface area contributed by atoms with Crippen molar-refractivity contribution in [2.24, 2.45) is 7.05 Å². The molecule has 3 aromatic rings. The molecule has 1 unspecified atom stereocenters. The number of carbonyl (C=O) groups excluding carboxylic acids is 2. The number of alkyl halides is 3. The number of Topliss-reactive ketones (excluding diaryl/α,β-unsaturated/α-hetero) is 1. The van der Waals surface area contributed by atoms with Crippen LogP contribution in [0.4, 0.5) is 23.9 Å². The molecule has 1 atom stereocenters. The number of hydrogen-bond acceptors (Lipinski definition) is 6. The number of benzene rings is 1. The molecular formula is C19H16F3N3O4S3. The average molecular weight is 504 g/mol. The van der Waals surface area contributed by atoms with Crippen LogP contribution in [0, 0.1) is 0 Å². The molecule has 0 radical (unpaired) electrons. The normalized spacial score (nSPS) is 12.6. The molecule has 0 aliphatic rings. The van der Waals surface area contributed by atoms with Gasteiger partial charge in [0, 0.05) is 19.5 Å². The van der Waals surface area contributed by atoms with Crippen LogP contribution in [0.2, 0.25) is 0 Å². The highest BCUT2D eigenvalue weighted by molar-refractivity contribution is 8.14. The Bertz CT molecular complexity index is 1170. The first-order valence-corrected chi connectivity index (χ1v) is 11.7. The summed E-state index contributed by atoms with van der Waals surface area (Å²) in [4.78, 5) is 23.6. The first-order valence-electron chi connectivity index (χ1n) is 8.86. The van der Waals surface area contributed by atoms with Gasteiger partial charge in [0.1, 0.15) is 5.00 Å². The van der Waals surface area contributed by atoms with E-state index in [1.54, 1.807) is 0 Å². The van der Waals surface area contributed by atoms with E-state index in [-0.39, 0.29) is 22.3 Å². The Morgan fingerprint density at radius 1 is 1.22 bits per heavy atom. The van der Waals surface area contributed by atoms with E-state index in [0.717, 1.165) is 38.2 Å². The van der Waals surface area contributed by atoms with E-state index in [9.17, 15) is 31.5 Å². The van der Waals surface area contributed by atoms with E-state index in [4.69, 9.17) is 0 Å². The number of hydrogen-bond donors (Lipinski definition) is 1. The van der Waals surface area contributed by atoms with Crippen molar-refractivity contribution in [1.82, 2.24) is 9.78 Å². The van der Waals surface area contributed by atoms with Gasteiger partial charge in [-0.15, -0.1) is 11.3 Å². The van der Waals surface area contributed by atoms with Gasteiger partial charge in [0.15, 0.2) is 16.6 Å². The number of aryl methyl sites for hydroxylation is 1. The fourth-order valence-electron chi connectivity index (χ4n) is 2.74. The van der Waals surface area contributed by atoms with Gasteiger partial charge in [0.2, 0.25) is 0 Å². The van der Waals surface area contributed by atoms with Crippen molar-refractivity contribution in [3.05, 3.63) is 53.7 Å². The number of nitrogens with zero attached hydrogens (tertiary/aromatic N) is 3. The molecule has 1 aromatic carbocycles. The van der Waals surface area contributed by atoms with E-state index in [1.165, 1.54) is 50.4 Å². The van der Waals surface area contributed by atoms with Crippen LogP contribution in [-0.2, 0) is 29.3 Å². The summed E-state index contributed by atoms with van der Waals surface area (Å²) in [6, 6.07) is 9.86. The maximum atomic E-state index is 12.9. The standard InChI is InChI=1S/C19H16F3N3O4S3/c1-11(26)30-10-15(27)12-3-5-13(6-4-12)25(32(28)29)18-8-7-16(31-18)14-9-17(19(20,21)22)23-24(14)2/h3-9H,10H2,1-2H3,(H,28,29). The van der Waals surface area contributed by atoms with E-state index < -0.39 is 23.1 Å². The van der Waals surface area contributed by atoms with E-state index in [0.29, 0.717) is 21.1 Å². The number of aromatic nitrogens is 2. The minimum atomic E-state index is -4.59. The van der Waals surface area contributed by atoms with Gasteiger partial charge < -0.3 is 0 Å². The highest BCUT2D eigenvalue weighted by atomic mass is 32.2. The van der Waals surface area contributed by atoms with Crippen molar-refractivity contribution in [2.75, 3.05) is 10.1 Å². The zero-order valence-electron chi connectivity index (χ0n) is 16.6. The summed E-state index contributed by atoms with van der Waals surface area (Å²) in [5.74, 6) is -0.271. The van der Waals surface area contributed by atoms with Crippen LogP contribution in [0.25, 0.3) is 10.6 Å². The molecule has 7 nitrogen and oxygen atoms in total. The predicted octanol–water partition coefficient (Wildman–Crippen LogP) is 4.90. The van der Waals surface area contributed by atoms with Crippen LogP contribution >= 0.6 is 23.1 Å². The molecule has 13 heteroatoms. The Hall–Kier alpha value is -2.48. The van der Waals surface area contributed by atoms with Crippen molar-refractivity contribution < 1.29 is 31.5 Å². The third kappa shape index (κ3) is 5.46. The minimum absolute atomic E-state index is 0.0107. The lowest BCUT2D eigenvalue weighted by Gasteiger charge is -2.18. The van der Waals surface area contributed by atoms with E-state index in [1.807, 2.05) is 0 Å². The average Bonchev–Trinajstić information content (AvgIpc) is 3.33. The van der Waals surface area contributed by atoms with E-state index in [2.05, 4.69) is 5.10 Å². The van der Waals surface area contributed by atoms with Gasteiger partial charge in [-0.05, 0) is 42.5 Å². The molecule has 2 heterocycles. The second-order valence-corrected chi connectivity index (χ2v) is 9.49. The fourth-order valence-corrected chi connectivity index (χ4v) is 5.04. The van der Waals surface area contributed by atoms with Crippen molar-refractivity contribution in [3.8, 4) is 10.6 Å². The maximum Gasteiger partial charge on any atom is 0.435 e. The lowest BCUT2D eigenvalue weighted by molar-refractivity contribution is -0.141. The first-order chi connectivity index (χ1) is 15.0. The number of carbonyl (C=O) groups is 2. The molecule has 1 N–H and O–H groups in total. The second kappa shape index (κ2) is 9.57. The molecule has 0 bridgehead atoms. The van der Waals surface area contributed by atoms with Crippen LogP contribution in [0.15, 0.2) is 42.5 Å². The number of rotatable bonds is 7. The zero-order valence-corrected chi connectivity index (χ0v) is 19.1. The summed E-state index contributed by atoms with van der Waals surface area (Å²) in [5.41, 5.74) is -0.180. The summed E-state index contributed by atoms with van der Waals surface area (Å²) >= 11 is -0.580. The molecule has 0 fully saturated rings. The molecule has 0 aliphatic heterocycles. The van der Waals surface area contributed by atoms with Crippen LogP contribution in [-0.4, -0.2) is 35.2 Å². The maximum absolute atomic E-state index is 12.9. The van der Waals surface area contributed by atoms with Crippen LogP contribution in [0.3, 0.4) is 0 Å². The molecule has 0 spiro atoms. The fraction of sp³-hybridized carbons (Fsp3) is 0.211. The van der Waals surface area contributed by atoms with Gasteiger partial charge in [-0.2, -0.15) is 18.3 Å². The molecule has 0 amide bonds. The Labute approximate surface area is 191 Å². The number of thiophene rings is 1. The lowest BCUT2D eigenvalue weighted by Crippen LogP contribution is -2.18. The highest BCUT2D eigenvalue weighted by Crippen LogP contribution is 2.39. The molecule has 0 aliphatic carbocycles. The molecule has 2 aromatic heterocycles. The quantitative estimate of drug-likeness (QED) is 0.364. The number of halogens is 3. The van der Waals surface area contributed by atoms with Crippen LogP contribution < -0.4 is 4.31 Å². The minimum Gasteiger partial charge on any atom is -0.293 e. The van der Waals surface area contributed by atoms with Crippen LogP contribution in [0.1, 0.15) is 23.0 Å². The molecular weight excluding hydrogens is 487 g/mol. The Kier molecular flexibility index (Phi) is 7.22. The second-order valence-electron chi connectivity index (χ2n) is 6.45. The summed E-state index contributed by atoms with van der Waals surface area (Å²) in [6.45, 7) is 1.36. The highest BCUT2D eigenvalue weighted by Gasteiger charge is 2.35. The molecule has 3 rings (SSSR count). The molecule has 170 valence electrons. The third-order valence-electron chi connectivity index (χ3n) is 4.20. The Balaban J connectivity index is 1.87. The Morgan fingerprint density at radius 2 is 1.88 bits per heavy atom. The van der Waals surface area contributed by atoms with Gasteiger partial charge in [0.05, 0.1) is 22.0 Å². The molecule has 32 heavy (non-hydrogen) atoms. The molecule has 0 saturated carbocycles. The third-order valence-corrected chi connectivity index (χ3v) is 6.94. The van der Waals surface area contributed by atoms with E-state index >= 15 is 0 Å². The van der Waals surface area contributed by atoms with Crippen molar-refractivity contribution in [3.63, 3.8) is 0 Å². The molecule has 0 saturated heterocycles. The summed E-state index contributed by atoms with van der Waals surface area (Å²) < 4.78 is 62.8. The Morgan fingerprint density at radius 3 is 2.41 bits per heavy atom.